The lowest BCUT2D eigenvalue weighted by Crippen LogP contribution is -2.19. The molecule has 0 fully saturated rings. The lowest BCUT2D eigenvalue weighted by molar-refractivity contribution is -0.145. The molecule has 0 amide bonds. The molecule has 17 heavy (non-hydrogen) atoms. The number of halogens is 4. The predicted octanol–water partition coefficient (Wildman–Crippen LogP) is 3.57. The normalized spacial score (nSPS) is 11.4. The Bertz CT molecular complexity index is 449. The first kappa shape index (κ1) is 14.0. The third-order valence-corrected chi connectivity index (χ3v) is 2.48. The van der Waals surface area contributed by atoms with E-state index in [1.54, 1.807) is 0 Å². The number of carbonyl (C=O) groups is 1. The zero-order valence-electron chi connectivity index (χ0n) is 8.64. The van der Waals surface area contributed by atoms with Gasteiger partial charge >= 0.3 is 5.97 Å². The van der Waals surface area contributed by atoms with E-state index in [2.05, 4.69) is 0 Å². The van der Waals surface area contributed by atoms with E-state index < -0.39 is 23.9 Å². The van der Waals surface area contributed by atoms with Gasteiger partial charge < -0.3 is 9.84 Å². The monoisotopic (exact) mass is 284 g/mol. The van der Waals surface area contributed by atoms with Crippen LogP contribution in [0.4, 0.5) is 8.78 Å². The highest BCUT2D eigenvalue weighted by Crippen LogP contribution is 2.42. The second-order valence-corrected chi connectivity index (χ2v) is 4.09. The summed E-state index contributed by atoms with van der Waals surface area (Å²) in [6.45, 7) is 0. The smallest absolute Gasteiger partial charge is 0.309 e. The molecule has 0 aliphatic rings. The van der Waals surface area contributed by atoms with E-state index in [-0.39, 0.29) is 15.8 Å². The van der Waals surface area contributed by atoms with Gasteiger partial charge in [-0.3, -0.25) is 4.79 Å². The summed E-state index contributed by atoms with van der Waals surface area (Å²) in [5.74, 6) is -5.51. The van der Waals surface area contributed by atoms with Crippen LogP contribution >= 0.6 is 23.2 Å². The number of ether oxygens (including phenoxy) is 1. The highest BCUT2D eigenvalue weighted by Gasteiger charge is 2.38. The number of methoxy groups -OCH3 is 1. The summed E-state index contributed by atoms with van der Waals surface area (Å²) in [6.07, 6.45) is -1.36. The largest absolute Gasteiger partial charge is 0.495 e. The first-order chi connectivity index (χ1) is 7.77. The van der Waals surface area contributed by atoms with Gasteiger partial charge in [0.2, 0.25) is 0 Å². The van der Waals surface area contributed by atoms with Crippen molar-refractivity contribution in [2.75, 3.05) is 7.11 Å². The Morgan fingerprint density at radius 3 is 2.53 bits per heavy atom. The number of carboxylic acid groups (broad SMARTS) is 1. The van der Waals surface area contributed by atoms with Crippen LogP contribution in [0.1, 0.15) is 12.0 Å². The van der Waals surface area contributed by atoms with Crippen LogP contribution in [0.2, 0.25) is 10.0 Å². The fourth-order valence-corrected chi connectivity index (χ4v) is 1.90. The molecule has 0 heterocycles. The minimum absolute atomic E-state index is 0.0177. The van der Waals surface area contributed by atoms with E-state index in [0.717, 1.165) is 13.2 Å². The molecule has 94 valence electrons. The zero-order valence-corrected chi connectivity index (χ0v) is 10.1. The molecule has 0 aromatic heterocycles. The second-order valence-electron chi connectivity index (χ2n) is 3.24. The van der Waals surface area contributed by atoms with Crippen LogP contribution in [-0.2, 0) is 10.7 Å². The van der Waals surface area contributed by atoms with Crippen molar-refractivity contribution in [3.05, 3.63) is 27.7 Å². The summed E-state index contributed by atoms with van der Waals surface area (Å²) >= 11 is 11.3. The minimum Gasteiger partial charge on any atom is -0.495 e. The van der Waals surface area contributed by atoms with E-state index in [9.17, 15) is 13.6 Å². The third-order valence-electron chi connectivity index (χ3n) is 1.98. The number of hydrogen-bond donors (Lipinski definition) is 1. The van der Waals surface area contributed by atoms with Gasteiger partial charge in [0.25, 0.3) is 5.92 Å². The highest BCUT2D eigenvalue weighted by molar-refractivity contribution is 6.35. The second kappa shape index (κ2) is 5.06. The fraction of sp³-hybridized carbons (Fsp3) is 0.300. The van der Waals surface area contributed by atoms with Crippen LogP contribution in [0, 0.1) is 0 Å². The van der Waals surface area contributed by atoms with E-state index in [4.69, 9.17) is 33.0 Å². The Kier molecular flexibility index (Phi) is 4.16. The maximum Gasteiger partial charge on any atom is 0.309 e. The van der Waals surface area contributed by atoms with Crippen LogP contribution in [0.3, 0.4) is 0 Å². The molecule has 7 heteroatoms. The fourth-order valence-electron chi connectivity index (χ4n) is 1.32. The van der Waals surface area contributed by atoms with Crippen molar-refractivity contribution < 1.29 is 23.4 Å². The summed E-state index contributed by atoms with van der Waals surface area (Å²) in [7, 11) is 1.16. The molecule has 1 aromatic carbocycles. The van der Waals surface area contributed by atoms with Crippen molar-refractivity contribution in [1.82, 2.24) is 0 Å². The molecule has 0 unspecified atom stereocenters. The van der Waals surface area contributed by atoms with Crippen molar-refractivity contribution >= 4 is 29.2 Å². The predicted molar refractivity (Wildman–Crippen MR) is 59.2 cm³/mol. The first-order valence-corrected chi connectivity index (χ1v) is 5.16. The molecule has 0 saturated heterocycles. The lowest BCUT2D eigenvalue weighted by atomic mass is 10.0. The average molecular weight is 285 g/mol. The Labute approximate surface area is 106 Å². The van der Waals surface area contributed by atoms with Crippen LogP contribution in [0.25, 0.3) is 0 Å². The highest BCUT2D eigenvalue weighted by atomic mass is 35.5. The van der Waals surface area contributed by atoms with Crippen molar-refractivity contribution in [2.24, 2.45) is 0 Å². The summed E-state index contributed by atoms with van der Waals surface area (Å²) in [5.41, 5.74) is -0.639. The Balaban J connectivity index is 3.33. The van der Waals surface area contributed by atoms with Crippen molar-refractivity contribution in [1.29, 1.82) is 0 Å². The van der Waals surface area contributed by atoms with E-state index >= 15 is 0 Å². The van der Waals surface area contributed by atoms with Crippen LogP contribution < -0.4 is 4.74 Å². The molecule has 0 saturated carbocycles. The van der Waals surface area contributed by atoms with Crippen LogP contribution in [0.5, 0.6) is 5.75 Å². The minimum atomic E-state index is -3.61. The number of hydrogen-bond acceptors (Lipinski definition) is 2. The molecule has 3 nitrogen and oxygen atoms in total. The zero-order chi connectivity index (χ0) is 13.2. The first-order valence-electron chi connectivity index (χ1n) is 4.41. The molecule has 0 aliphatic carbocycles. The Hall–Kier alpha value is -1.07. The van der Waals surface area contributed by atoms with Crippen LogP contribution in [0.15, 0.2) is 12.1 Å². The molecular weight excluding hydrogens is 277 g/mol. The standard InChI is InChI=1S/C10H8Cl2F2O3/c1-17-9-6(2-5(11)3-7(9)12)10(13,14)4-8(15)16/h2-3H,4H2,1H3,(H,15,16). The van der Waals surface area contributed by atoms with Gasteiger partial charge in [0, 0.05) is 5.02 Å². The number of aliphatic carboxylic acids is 1. The topological polar surface area (TPSA) is 46.5 Å². The SMILES string of the molecule is COc1c(Cl)cc(Cl)cc1C(F)(F)CC(=O)O. The van der Waals surface area contributed by atoms with Gasteiger partial charge in [-0.05, 0) is 12.1 Å². The summed E-state index contributed by atoms with van der Waals surface area (Å²) in [4.78, 5) is 10.4. The van der Waals surface area contributed by atoms with Gasteiger partial charge in [0.1, 0.15) is 12.2 Å². The van der Waals surface area contributed by atoms with Crippen molar-refractivity contribution in [2.45, 2.75) is 12.3 Å². The van der Waals surface area contributed by atoms with Crippen LogP contribution in [-0.4, -0.2) is 18.2 Å². The van der Waals surface area contributed by atoms with Gasteiger partial charge in [-0.2, -0.15) is 0 Å². The van der Waals surface area contributed by atoms with Gasteiger partial charge in [-0.1, -0.05) is 23.2 Å². The number of alkyl halides is 2. The van der Waals surface area contributed by atoms with E-state index in [1.807, 2.05) is 0 Å². The van der Waals surface area contributed by atoms with Gasteiger partial charge in [-0.15, -0.1) is 0 Å². The quantitative estimate of drug-likeness (QED) is 0.919. The molecule has 0 aliphatic heterocycles. The molecule has 1 N–H and O–H groups in total. The van der Waals surface area contributed by atoms with E-state index in [1.165, 1.54) is 6.07 Å². The maximum atomic E-state index is 13.6. The summed E-state index contributed by atoms with van der Waals surface area (Å²) in [6, 6.07) is 2.18. The molecule has 1 rings (SSSR count). The lowest BCUT2D eigenvalue weighted by Gasteiger charge is -2.18. The van der Waals surface area contributed by atoms with Crippen molar-refractivity contribution in [3.63, 3.8) is 0 Å². The summed E-state index contributed by atoms with van der Waals surface area (Å²) < 4.78 is 32.0. The number of benzene rings is 1. The maximum absolute atomic E-state index is 13.6. The number of carboxylic acids is 1. The molecule has 0 spiro atoms. The molecule has 0 radical (unpaired) electrons. The number of rotatable bonds is 4. The Morgan fingerprint density at radius 1 is 1.47 bits per heavy atom. The summed E-state index contributed by atoms with van der Waals surface area (Å²) in [5, 5.41) is 8.31. The molecule has 0 atom stereocenters. The van der Waals surface area contributed by atoms with Gasteiger partial charge in [0.15, 0.2) is 0 Å². The Morgan fingerprint density at radius 2 is 2.06 bits per heavy atom. The van der Waals surface area contributed by atoms with Gasteiger partial charge in [-0.25, -0.2) is 8.78 Å². The average Bonchev–Trinajstić information content (AvgIpc) is 2.14. The molecule has 1 aromatic rings. The van der Waals surface area contributed by atoms with Gasteiger partial charge in [0.05, 0.1) is 17.7 Å². The third kappa shape index (κ3) is 3.20. The van der Waals surface area contributed by atoms with Crippen molar-refractivity contribution in [3.8, 4) is 5.75 Å². The van der Waals surface area contributed by atoms with E-state index in [0.29, 0.717) is 0 Å². The molecular formula is C10H8Cl2F2O3. The molecule has 0 bridgehead atoms.